The van der Waals surface area contributed by atoms with Gasteiger partial charge in [-0.3, -0.25) is 10.1 Å². The number of carbonyl (C=O) groups is 1. The summed E-state index contributed by atoms with van der Waals surface area (Å²) < 4.78 is 0. The van der Waals surface area contributed by atoms with Gasteiger partial charge in [0, 0.05) is 6.54 Å². The molecular formula is C14H28N2O. The van der Waals surface area contributed by atoms with Gasteiger partial charge in [0.15, 0.2) is 0 Å². The highest BCUT2D eigenvalue weighted by molar-refractivity contribution is 5.84. The van der Waals surface area contributed by atoms with Crippen molar-refractivity contribution in [1.29, 1.82) is 0 Å². The summed E-state index contributed by atoms with van der Waals surface area (Å²) in [5.41, 5.74) is 0. The number of nitrogens with zero attached hydrogens (tertiary/aromatic N) is 1. The SMILES string of the molecule is CCCCCCN1C(=O)C(CC)NC1CCC. The van der Waals surface area contributed by atoms with Crippen molar-refractivity contribution in [3.8, 4) is 0 Å². The standard InChI is InChI=1S/C14H28N2O/c1-4-7-8-9-11-16-13(10-5-2)15-12(6-3)14(16)17/h12-13,15H,4-11H2,1-3H3. The number of carbonyl (C=O) groups excluding carboxylic acids is 1. The van der Waals surface area contributed by atoms with Crippen LogP contribution in [0.1, 0.15) is 65.7 Å². The molecular weight excluding hydrogens is 212 g/mol. The van der Waals surface area contributed by atoms with E-state index in [2.05, 4.69) is 31.0 Å². The van der Waals surface area contributed by atoms with Crippen LogP contribution in [0.25, 0.3) is 0 Å². The summed E-state index contributed by atoms with van der Waals surface area (Å²) >= 11 is 0. The maximum absolute atomic E-state index is 12.1. The molecule has 1 amide bonds. The van der Waals surface area contributed by atoms with E-state index in [0.717, 1.165) is 32.2 Å². The number of hydrogen-bond donors (Lipinski definition) is 1. The first-order valence-corrected chi connectivity index (χ1v) is 7.31. The Morgan fingerprint density at radius 3 is 2.47 bits per heavy atom. The zero-order valence-electron chi connectivity index (χ0n) is 11.7. The Bertz CT molecular complexity index is 230. The molecule has 1 saturated heterocycles. The number of nitrogens with one attached hydrogen (secondary N) is 1. The van der Waals surface area contributed by atoms with Crippen LogP contribution in [0.5, 0.6) is 0 Å². The Morgan fingerprint density at radius 1 is 1.12 bits per heavy atom. The Morgan fingerprint density at radius 2 is 1.88 bits per heavy atom. The highest BCUT2D eigenvalue weighted by Gasteiger charge is 2.36. The van der Waals surface area contributed by atoms with Crippen LogP contribution in [0.2, 0.25) is 0 Å². The van der Waals surface area contributed by atoms with Gasteiger partial charge in [-0.25, -0.2) is 0 Å². The van der Waals surface area contributed by atoms with E-state index < -0.39 is 0 Å². The van der Waals surface area contributed by atoms with E-state index in [9.17, 15) is 4.79 Å². The van der Waals surface area contributed by atoms with E-state index in [-0.39, 0.29) is 6.04 Å². The summed E-state index contributed by atoms with van der Waals surface area (Å²) in [6, 6.07) is 0.0673. The van der Waals surface area contributed by atoms with Crippen LogP contribution in [0.4, 0.5) is 0 Å². The molecule has 2 atom stereocenters. The molecule has 0 aromatic carbocycles. The number of rotatable bonds is 8. The Labute approximate surface area is 106 Å². The molecule has 0 bridgehead atoms. The minimum absolute atomic E-state index is 0.0673. The van der Waals surface area contributed by atoms with Gasteiger partial charge in [0.05, 0.1) is 12.2 Å². The fourth-order valence-corrected chi connectivity index (χ4v) is 2.53. The number of hydrogen-bond acceptors (Lipinski definition) is 2. The zero-order chi connectivity index (χ0) is 12.7. The first kappa shape index (κ1) is 14.5. The lowest BCUT2D eigenvalue weighted by atomic mass is 10.2. The maximum atomic E-state index is 12.1. The van der Waals surface area contributed by atoms with Crippen molar-refractivity contribution in [1.82, 2.24) is 10.2 Å². The molecule has 1 rings (SSSR count). The van der Waals surface area contributed by atoms with Crippen LogP contribution in [-0.2, 0) is 4.79 Å². The minimum atomic E-state index is 0.0673. The molecule has 0 saturated carbocycles. The molecule has 0 aromatic rings. The summed E-state index contributed by atoms with van der Waals surface area (Å²) in [4.78, 5) is 14.2. The number of unbranched alkanes of at least 4 members (excludes halogenated alkanes) is 3. The average Bonchev–Trinajstić information content (AvgIpc) is 2.62. The van der Waals surface area contributed by atoms with Gasteiger partial charge in [0.25, 0.3) is 0 Å². The average molecular weight is 240 g/mol. The lowest BCUT2D eigenvalue weighted by Gasteiger charge is -2.23. The Hall–Kier alpha value is -0.570. The highest BCUT2D eigenvalue weighted by Crippen LogP contribution is 2.18. The normalized spacial score (nSPS) is 24.6. The third-order valence-corrected chi connectivity index (χ3v) is 3.57. The Balaban J connectivity index is 2.43. The van der Waals surface area contributed by atoms with Gasteiger partial charge in [-0.05, 0) is 19.3 Å². The van der Waals surface area contributed by atoms with E-state index in [4.69, 9.17) is 0 Å². The predicted octanol–water partition coefficient (Wildman–Crippen LogP) is 2.90. The minimum Gasteiger partial charge on any atom is -0.326 e. The Kier molecular flexibility index (Phi) is 6.56. The van der Waals surface area contributed by atoms with E-state index in [1.165, 1.54) is 19.3 Å². The van der Waals surface area contributed by atoms with Crippen molar-refractivity contribution in [3.05, 3.63) is 0 Å². The smallest absolute Gasteiger partial charge is 0.241 e. The van der Waals surface area contributed by atoms with Crippen molar-refractivity contribution >= 4 is 5.91 Å². The molecule has 1 N–H and O–H groups in total. The largest absolute Gasteiger partial charge is 0.326 e. The monoisotopic (exact) mass is 240 g/mol. The van der Waals surface area contributed by atoms with Gasteiger partial charge in [-0.15, -0.1) is 0 Å². The van der Waals surface area contributed by atoms with E-state index in [1.54, 1.807) is 0 Å². The number of amides is 1. The fraction of sp³-hybridized carbons (Fsp3) is 0.929. The van der Waals surface area contributed by atoms with E-state index in [1.807, 2.05) is 0 Å². The third kappa shape index (κ3) is 3.98. The van der Waals surface area contributed by atoms with Gasteiger partial charge >= 0.3 is 0 Å². The van der Waals surface area contributed by atoms with Crippen LogP contribution in [0, 0.1) is 0 Å². The van der Waals surface area contributed by atoms with Crippen molar-refractivity contribution in [2.75, 3.05) is 6.54 Å². The van der Waals surface area contributed by atoms with Gasteiger partial charge in [-0.1, -0.05) is 46.5 Å². The quantitative estimate of drug-likeness (QED) is 0.662. The lowest BCUT2D eigenvalue weighted by molar-refractivity contribution is -0.130. The third-order valence-electron chi connectivity index (χ3n) is 3.57. The van der Waals surface area contributed by atoms with E-state index >= 15 is 0 Å². The molecule has 100 valence electrons. The van der Waals surface area contributed by atoms with Crippen LogP contribution in [-0.4, -0.2) is 29.6 Å². The molecule has 0 aliphatic carbocycles. The lowest BCUT2D eigenvalue weighted by Crippen LogP contribution is -2.37. The van der Waals surface area contributed by atoms with Crippen molar-refractivity contribution in [3.63, 3.8) is 0 Å². The molecule has 0 radical (unpaired) electrons. The molecule has 1 heterocycles. The molecule has 17 heavy (non-hydrogen) atoms. The second-order valence-electron chi connectivity index (χ2n) is 5.02. The van der Waals surface area contributed by atoms with Crippen LogP contribution in [0.15, 0.2) is 0 Å². The first-order valence-electron chi connectivity index (χ1n) is 7.31. The zero-order valence-corrected chi connectivity index (χ0v) is 11.7. The molecule has 3 heteroatoms. The summed E-state index contributed by atoms with van der Waals surface area (Å²) in [6.07, 6.45) is 8.34. The van der Waals surface area contributed by atoms with Gasteiger partial charge in [-0.2, -0.15) is 0 Å². The van der Waals surface area contributed by atoms with Gasteiger partial charge in [0.2, 0.25) is 5.91 Å². The first-order chi connectivity index (χ1) is 8.24. The molecule has 1 aliphatic heterocycles. The predicted molar refractivity (Wildman–Crippen MR) is 71.8 cm³/mol. The van der Waals surface area contributed by atoms with Crippen molar-refractivity contribution < 1.29 is 4.79 Å². The fourth-order valence-electron chi connectivity index (χ4n) is 2.53. The molecule has 0 aromatic heterocycles. The maximum Gasteiger partial charge on any atom is 0.241 e. The summed E-state index contributed by atoms with van der Waals surface area (Å²) in [6.45, 7) is 7.42. The molecule has 1 aliphatic rings. The highest BCUT2D eigenvalue weighted by atomic mass is 16.2. The van der Waals surface area contributed by atoms with Gasteiger partial charge < -0.3 is 4.90 Å². The summed E-state index contributed by atoms with van der Waals surface area (Å²) in [7, 11) is 0. The molecule has 1 fully saturated rings. The second-order valence-corrected chi connectivity index (χ2v) is 5.02. The van der Waals surface area contributed by atoms with E-state index in [0.29, 0.717) is 12.1 Å². The topological polar surface area (TPSA) is 32.3 Å². The second kappa shape index (κ2) is 7.70. The summed E-state index contributed by atoms with van der Waals surface area (Å²) in [5, 5.41) is 3.46. The summed E-state index contributed by atoms with van der Waals surface area (Å²) in [5.74, 6) is 0.322. The van der Waals surface area contributed by atoms with Crippen LogP contribution >= 0.6 is 0 Å². The molecule has 3 nitrogen and oxygen atoms in total. The molecule has 2 unspecified atom stereocenters. The molecule has 0 spiro atoms. The van der Waals surface area contributed by atoms with Crippen molar-refractivity contribution in [2.24, 2.45) is 0 Å². The van der Waals surface area contributed by atoms with Crippen LogP contribution in [0.3, 0.4) is 0 Å². The van der Waals surface area contributed by atoms with Crippen molar-refractivity contribution in [2.45, 2.75) is 77.9 Å². The van der Waals surface area contributed by atoms with Gasteiger partial charge in [0.1, 0.15) is 0 Å². The van der Waals surface area contributed by atoms with Crippen LogP contribution < -0.4 is 5.32 Å².